The number of nitrogens with two attached hydrogens (primary N) is 1. The molecule has 0 unspecified atom stereocenters. The topological polar surface area (TPSA) is 70.3 Å². The number of aromatic nitrogens is 2. The van der Waals surface area contributed by atoms with Gasteiger partial charge >= 0.3 is 0 Å². The largest absolute Gasteiger partial charge is 0.383 e. The molecule has 0 aromatic carbocycles. The third-order valence-electron chi connectivity index (χ3n) is 1.65. The normalized spacial score (nSPS) is 10.8. The standard InChI is InChI=1S/C8H13N3O2/c1-5-10-4-6(7(9)11-5)8(12-2)13-3/h4,8H,1-3H3,(H2,9,10,11). The number of hydrogen-bond donors (Lipinski definition) is 1. The van der Waals surface area contributed by atoms with E-state index in [4.69, 9.17) is 15.2 Å². The van der Waals surface area contributed by atoms with E-state index in [0.717, 1.165) is 0 Å². The zero-order valence-corrected chi connectivity index (χ0v) is 7.94. The van der Waals surface area contributed by atoms with Crippen LogP contribution in [0.1, 0.15) is 17.7 Å². The zero-order valence-electron chi connectivity index (χ0n) is 7.94. The third-order valence-corrected chi connectivity index (χ3v) is 1.65. The molecular formula is C8H13N3O2. The average Bonchev–Trinajstić information content (AvgIpc) is 2.10. The minimum atomic E-state index is -0.499. The van der Waals surface area contributed by atoms with Crippen LogP contribution in [0.15, 0.2) is 6.20 Å². The molecule has 0 atom stereocenters. The van der Waals surface area contributed by atoms with Gasteiger partial charge in [-0.3, -0.25) is 0 Å². The Morgan fingerprint density at radius 3 is 2.46 bits per heavy atom. The van der Waals surface area contributed by atoms with E-state index in [1.807, 2.05) is 0 Å². The zero-order chi connectivity index (χ0) is 9.84. The van der Waals surface area contributed by atoms with Gasteiger partial charge in [0, 0.05) is 20.4 Å². The molecule has 1 aromatic rings. The van der Waals surface area contributed by atoms with E-state index >= 15 is 0 Å². The van der Waals surface area contributed by atoms with Gasteiger partial charge in [0.1, 0.15) is 11.6 Å². The molecule has 72 valence electrons. The van der Waals surface area contributed by atoms with Gasteiger partial charge in [-0.05, 0) is 6.92 Å². The first kappa shape index (κ1) is 9.88. The lowest BCUT2D eigenvalue weighted by atomic mass is 10.3. The molecule has 0 aliphatic heterocycles. The molecule has 0 saturated heterocycles. The maximum Gasteiger partial charge on any atom is 0.188 e. The van der Waals surface area contributed by atoms with Crippen LogP contribution < -0.4 is 5.73 Å². The van der Waals surface area contributed by atoms with E-state index in [1.54, 1.807) is 13.1 Å². The molecule has 0 saturated carbocycles. The van der Waals surface area contributed by atoms with E-state index in [0.29, 0.717) is 17.2 Å². The van der Waals surface area contributed by atoms with Crippen molar-refractivity contribution in [1.82, 2.24) is 9.97 Å². The number of nitrogen functional groups attached to an aromatic ring is 1. The summed E-state index contributed by atoms with van der Waals surface area (Å²) in [7, 11) is 3.07. The Bertz CT molecular complexity index is 287. The fourth-order valence-corrected chi connectivity index (χ4v) is 1.03. The van der Waals surface area contributed by atoms with Gasteiger partial charge in [0.25, 0.3) is 0 Å². The summed E-state index contributed by atoms with van der Waals surface area (Å²) in [5, 5.41) is 0. The summed E-state index contributed by atoms with van der Waals surface area (Å²) in [6, 6.07) is 0. The first-order valence-electron chi connectivity index (χ1n) is 3.83. The van der Waals surface area contributed by atoms with Crippen molar-refractivity contribution in [1.29, 1.82) is 0 Å². The first-order chi connectivity index (χ1) is 6.19. The number of ether oxygens (including phenoxy) is 2. The number of aryl methyl sites for hydroxylation is 1. The summed E-state index contributed by atoms with van der Waals surface area (Å²) in [6.45, 7) is 1.77. The molecule has 1 heterocycles. The lowest BCUT2D eigenvalue weighted by Gasteiger charge is -2.14. The second-order valence-electron chi connectivity index (χ2n) is 2.56. The number of anilines is 1. The van der Waals surface area contributed by atoms with Crippen LogP contribution in [0.3, 0.4) is 0 Å². The van der Waals surface area contributed by atoms with Crippen molar-refractivity contribution in [3.05, 3.63) is 17.6 Å². The van der Waals surface area contributed by atoms with Crippen molar-refractivity contribution in [2.75, 3.05) is 20.0 Å². The van der Waals surface area contributed by atoms with Crippen LogP contribution in [0.2, 0.25) is 0 Å². The molecule has 13 heavy (non-hydrogen) atoms. The Hall–Kier alpha value is -1.20. The van der Waals surface area contributed by atoms with E-state index in [-0.39, 0.29) is 0 Å². The van der Waals surface area contributed by atoms with Crippen LogP contribution in [-0.4, -0.2) is 24.2 Å². The lowest BCUT2D eigenvalue weighted by Crippen LogP contribution is -2.09. The Balaban J connectivity index is 2.99. The van der Waals surface area contributed by atoms with Gasteiger partial charge in [-0.1, -0.05) is 0 Å². The van der Waals surface area contributed by atoms with Crippen LogP contribution in [0.5, 0.6) is 0 Å². The van der Waals surface area contributed by atoms with E-state index in [2.05, 4.69) is 9.97 Å². The maximum absolute atomic E-state index is 5.66. The Morgan fingerprint density at radius 1 is 1.38 bits per heavy atom. The average molecular weight is 183 g/mol. The highest BCUT2D eigenvalue weighted by Crippen LogP contribution is 2.20. The number of methoxy groups -OCH3 is 2. The summed E-state index contributed by atoms with van der Waals surface area (Å²) in [4.78, 5) is 8.00. The van der Waals surface area contributed by atoms with Gasteiger partial charge in [-0.2, -0.15) is 0 Å². The summed E-state index contributed by atoms with van der Waals surface area (Å²) in [5.41, 5.74) is 6.31. The summed E-state index contributed by atoms with van der Waals surface area (Å²) >= 11 is 0. The van der Waals surface area contributed by atoms with Crippen molar-refractivity contribution in [2.24, 2.45) is 0 Å². The van der Waals surface area contributed by atoms with E-state index in [9.17, 15) is 0 Å². The molecule has 0 aliphatic rings. The fourth-order valence-electron chi connectivity index (χ4n) is 1.03. The monoisotopic (exact) mass is 183 g/mol. The van der Waals surface area contributed by atoms with Crippen molar-refractivity contribution in [2.45, 2.75) is 13.2 Å². The minimum Gasteiger partial charge on any atom is -0.383 e. The second kappa shape index (κ2) is 4.15. The Morgan fingerprint density at radius 2 is 2.00 bits per heavy atom. The van der Waals surface area contributed by atoms with Gasteiger partial charge in [-0.15, -0.1) is 0 Å². The smallest absolute Gasteiger partial charge is 0.188 e. The third kappa shape index (κ3) is 2.13. The van der Waals surface area contributed by atoms with Crippen LogP contribution in [0.4, 0.5) is 5.82 Å². The molecule has 2 N–H and O–H groups in total. The van der Waals surface area contributed by atoms with Crippen LogP contribution in [0.25, 0.3) is 0 Å². The molecule has 1 aromatic heterocycles. The molecule has 0 aliphatic carbocycles. The van der Waals surface area contributed by atoms with Gasteiger partial charge < -0.3 is 15.2 Å². The molecule has 0 bridgehead atoms. The van der Waals surface area contributed by atoms with Crippen LogP contribution in [-0.2, 0) is 9.47 Å². The van der Waals surface area contributed by atoms with Crippen molar-refractivity contribution in [3.8, 4) is 0 Å². The summed E-state index contributed by atoms with van der Waals surface area (Å²) < 4.78 is 10.0. The maximum atomic E-state index is 5.66. The van der Waals surface area contributed by atoms with Gasteiger partial charge in [0.05, 0.1) is 5.56 Å². The molecule has 0 spiro atoms. The summed E-state index contributed by atoms with van der Waals surface area (Å²) in [5.74, 6) is 1.02. The highest BCUT2D eigenvalue weighted by Gasteiger charge is 2.13. The SMILES string of the molecule is COC(OC)c1cnc(C)nc1N. The molecule has 0 radical (unpaired) electrons. The highest BCUT2D eigenvalue weighted by molar-refractivity contribution is 5.38. The van der Waals surface area contributed by atoms with Crippen LogP contribution in [0, 0.1) is 6.92 Å². The minimum absolute atomic E-state index is 0.390. The predicted octanol–water partition coefficient (Wildman–Crippen LogP) is 0.659. The first-order valence-corrected chi connectivity index (χ1v) is 3.83. The van der Waals surface area contributed by atoms with Crippen molar-refractivity contribution >= 4 is 5.82 Å². The molecule has 5 nitrogen and oxygen atoms in total. The Kier molecular flexibility index (Phi) is 3.16. The number of hydrogen-bond acceptors (Lipinski definition) is 5. The number of rotatable bonds is 3. The van der Waals surface area contributed by atoms with Gasteiger partial charge in [0.15, 0.2) is 6.29 Å². The molecular weight excluding hydrogens is 170 g/mol. The van der Waals surface area contributed by atoms with Crippen molar-refractivity contribution in [3.63, 3.8) is 0 Å². The second-order valence-corrected chi connectivity index (χ2v) is 2.56. The van der Waals surface area contributed by atoms with Crippen molar-refractivity contribution < 1.29 is 9.47 Å². The van der Waals surface area contributed by atoms with Crippen LogP contribution >= 0.6 is 0 Å². The quantitative estimate of drug-likeness (QED) is 0.697. The summed E-state index contributed by atoms with van der Waals surface area (Å²) in [6.07, 6.45) is 1.11. The molecule has 0 amide bonds. The molecule has 0 fully saturated rings. The van der Waals surface area contributed by atoms with Gasteiger partial charge in [0.2, 0.25) is 0 Å². The number of nitrogens with zero attached hydrogens (tertiary/aromatic N) is 2. The van der Waals surface area contributed by atoms with E-state index in [1.165, 1.54) is 14.2 Å². The molecule has 5 heteroatoms. The lowest BCUT2D eigenvalue weighted by molar-refractivity contribution is -0.105. The predicted molar refractivity (Wildman–Crippen MR) is 47.9 cm³/mol. The fraction of sp³-hybridized carbons (Fsp3) is 0.500. The van der Waals surface area contributed by atoms with E-state index < -0.39 is 6.29 Å². The highest BCUT2D eigenvalue weighted by atomic mass is 16.7. The molecule has 1 rings (SSSR count). The van der Waals surface area contributed by atoms with Gasteiger partial charge in [-0.25, -0.2) is 9.97 Å². The Labute approximate surface area is 76.9 Å².